The summed E-state index contributed by atoms with van der Waals surface area (Å²) in [4.78, 5) is 26.1. The molecule has 0 aromatic heterocycles. The van der Waals surface area contributed by atoms with Crippen molar-refractivity contribution in [2.24, 2.45) is 40.4 Å². The molecule has 2 aliphatic heterocycles. The van der Waals surface area contributed by atoms with Crippen LogP contribution in [-0.4, -0.2) is 52.5 Å². The highest BCUT2D eigenvalue weighted by molar-refractivity contribution is 14.1. The van der Waals surface area contributed by atoms with E-state index in [1.165, 1.54) is 0 Å². The van der Waals surface area contributed by atoms with Crippen molar-refractivity contribution in [3.63, 3.8) is 0 Å². The van der Waals surface area contributed by atoms with Crippen molar-refractivity contribution >= 4 is 34.3 Å². The molecule has 4 fully saturated rings. The van der Waals surface area contributed by atoms with Crippen molar-refractivity contribution < 1.29 is 29.3 Å². The number of rotatable bonds is 3. The number of halogens is 1. The third-order valence-corrected chi connectivity index (χ3v) is 12.5. The third kappa shape index (κ3) is 2.98. The van der Waals surface area contributed by atoms with Gasteiger partial charge in [0.25, 0.3) is 0 Å². The lowest BCUT2D eigenvalue weighted by Crippen LogP contribution is -2.64. The summed E-state index contributed by atoms with van der Waals surface area (Å²) in [5, 5.41) is 20.5. The molecule has 2 N–H and O–H groups in total. The summed E-state index contributed by atoms with van der Waals surface area (Å²) >= 11 is 2.10. The van der Waals surface area contributed by atoms with E-state index in [4.69, 9.17) is 9.47 Å². The van der Waals surface area contributed by atoms with Crippen LogP contribution in [0.25, 0.3) is 0 Å². The van der Waals surface area contributed by atoms with Crippen LogP contribution in [0, 0.1) is 40.4 Å². The number of hydrogen-bond donors (Lipinski definition) is 2. The number of epoxide rings is 1. The molecule has 2 heterocycles. The lowest BCUT2D eigenvalue weighted by atomic mass is 9.44. The molecule has 6 aliphatic rings. The van der Waals surface area contributed by atoms with Gasteiger partial charge in [0.2, 0.25) is 0 Å². The second-order valence-electron chi connectivity index (χ2n) is 12.7. The summed E-state index contributed by atoms with van der Waals surface area (Å²) in [6, 6.07) is 0. The molecule has 1 unspecified atom stereocenters. The summed E-state index contributed by atoms with van der Waals surface area (Å²) < 4.78 is 12.8. The Labute approximate surface area is 221 Å². The Morgan fingerprint density at radius 3 is 2.63 bits per heavy atom. The summed E-state index contributed by atoms with van der Waals surface area (Å²) in [7, 11) is 0. The van der Waals surface area contributed by atoms with Gasteiger partial charge < -0.3 is 19.7 Å². The van der Waals surface area contributed by atoms with Gasteiger partial charge in [0.05, 0.1) is 27.3 Å². The Balaban J connectivity index is 1.28. The summed E-state index contributed by atoms with van der Waals surface area (Å²) in [5.74, 6) is 1.61. The first-order valence-electron chi connectivity index (χ1n) is 13.3. The molecular weight excluding hydrogens is 559 g/mol. The van der Waals surface area contributed by atoms with Crippen LogP contribution >= 0.6 is 22.6 Å². The molecule has 0 bridgehead atoms. The number of esters is 1. The van der Waals surface area contributed by atoms with Crippen LogP contribution < -0.4 is 0 Å². The molecule has 1 spiro atoms. The van der Waals surface area contributed by atoms with Crippen LogP contribution in [0.5, 0.6) is 0 Å². The zero-order chi connectivity index (χ0) is 25.1. The maximum atomic E-state index is 13.6. The first kappa shape index (κ1) is 24.6. The van der Waals surface area contributed by atoms with Crippen molar-refractivity contribution in [2.75, 3.05) is 6.61 Å². The molecule has 1 saturated heterocycles. The Bertz CT molecular complexity index is 1050. The van der Waals surface area contributed by atoms with Crippen molar-refractivity contribution in [1.29, 1.82) is 0 Å². The molecule has 4 aliphatic carbocycles. The first-order valence-corrected chi connectivity index (χ1v) is 14.4. The fourth-order valence-electron chi connectivity index (χ4n) is 9.76. The zero-order valence-electron chi connectivity index (χ0n) is 21.1. The van der Waals surface area contributed by atoms with E-state index in [1.807, 2.05) is 6.92 Å². The summed E-state index contributed by atoms with van der Waals surface area (Å²) in [5.41, 5.74) is 0.0904. The van der Waals surface area contributed by atoms with Gasteiger partial charge in [0.1, 0.15) is 17.8 Å². The average molecular weight is 597 g/mol. The highest BCUT2D eigenvalue weighted by atomic mass is 127. The molecule has 6 nitrogen and oxygen atoms in total. The van der Waals surface area contributed by atoms with Gasteiger partial charge in [-0.15, -0.1) is 0 Å². The highest BCUT2D eigenvalue weighted by Crippen LogP contribution is 2.73. The molecule has 0 aromatic carbocycles. The molecule has 6 rings (SSSR count). The maximum absolute atomic E-state index is 13.6. The summed E-state index contributed by atoms with van der Waals surface area (Å²) in [6.07, 6.45) is 6.67. The van der Waals surface area contributed by atoms with E-state index in [9.17, 15) is 19.8 Å². The first-order chi connectivity index (χ1) is 16.5. The second-order valence-corrected chi connectivity index (χ2v) is 13.8. The van der Waals surface area contributed by atoms with E-state index >= 15 is 0 Å². The lowest BCUT2D eigenvalue weighted by molar-refractivity contribution is -0.155. The van der Waals surface area contributed by atoms with E-state index in [1.54, 1.807) is 6.08 Å². The minimum Gasteiger partial charge on any atom is -0.458 e. The number of allylic oxidation sites excluding steroid dienone is 1. The maximum Gasteiger partial charge on any atom is 0.336 e. The predicted molar refractivity (Wildman–Crippen MR) is 137 cm³/mol. The minimum absolute atomic E-state index is 0.0451. The normalized spacial score (nSPS) is 51.5. The molecule has 0 radical (unpaired) electrons. The van der Waals surface area contributed by atoms with E-state index < -0.39 is 17.1 Å². The Hall–Kier alpha value is -0.770. The van der Waals surface area contributed by atoms with Crippen molar-refractivity contribution in [1.82, 2.24) is 0 Å². The average Bonchev–Trinajstić information content (AvgIpc) is 3.45. The highest BCUT2D eigenvalue weighted by Gasteiger charge is 2.80. The standard InChI is InChI=1S/C28H37IO6/c1-13-9-21(34-25(33)16(13)12-30)14(2)17-5-6-18-15-10-23-28(35-23)22(31)11-20(29)24(32)27(28,4)19(15)7-8-26(17,18)3/h11,14-15,17-19,21-23,30-31H,5-10,12H2,1-4H3/t14-,15-,17+,18-,19?,21+,22-,23+,26+,27-,28+/m0/s1. The fourth-order valence-corrected chi connectivity index (χ4v) is 10.7. The number of fused-ring (bicyclic) bond motifs is 4. The number of hydrogen-bond acceptors (Lipinski definition) is 6. The Kier molecular flexibility index (Phi) is 5.52. The van der Waals surface area contributed by atoms with Crippen LogP contribution in [0.3, 0.4) is 0 Å². The van der Waals surface area contributed by atoms with E-state index in [-0.39, 0.29) is 47.8 Å². The van der Waals surface area contributed by atoms with Crippen LogP contribution in [-0.2, 0) is 19.1 Å². The smallest absolute Gasteiger partial charge is 0.336 e. The number of cyclic esters (lactones) is 1. The monoisotopic (exact) mass is 596 g/mol. The second kappa shape index (κ2) is 7.87. The Morgan fingerprint density at radius 2 is 1.94 bits per heavy atom. The largest absolute Gasteiger partial charge is 0.458 e. The number of ketones is 1. The van der Waals surface area contributed by atoms with E-state index in [0.29, 0.717) is 33.3 Å². The fraction of sp³-hybridized carbons (Fsp3) is 0.786. The van der Waals surface area contributed by atoms with Gasteiger partial charge in [0, 0.05) is 6.42 Å². The number of ether oxygens (including phenoxy) is 2. The van der Waals surface area contributed by atoms with Gasteiger partial charge in [-0.3, -0.25) is 4.79 Å². The number of aliphatic hydroxyl groups excluding tert-OH is 2. The summed E-state index contributed by atoms with van der Waals surface area (Å²) in [6.45, 7) is 8.43. The van der Waals surface area contributed by atoms with Crippen LogP contribution in [0.2, 0.25) is 0 Å². The van der Waals surface area contributed by atoms with Crippen molar-refractivity contribution in [3.05, 3.63) is 20.8 Å². The van der Waals surface area contributed by atoms with Gasteiger partial charge in [-0.25, -0.2) is 4.79 Å². The molecular formula is C28H37IO6. The number of carbonyl (C=O) groups is 2. The predicted octanol–water partition coefficient (Wildman–Crippen LogP) is 4.12. The molecule has 7 heteroatoms. The van der Waals surface area contributed by atoms with Crippen molar-refractivity contribution in [2.45, 2.75) is 90.1 Å². The van der Waals surface area contributed by atoms with Gasteiger partial charge in [-0.05, 0) is 110 Å². The molecule has 0 amide bonds. The topological polar surface area (TPSA) is 96.4 Å². The Morgan fingerprint density at radius 1 is 1.20 bits per heavy atom. The molecule has 3 saturated carbocycles. The number of carbonyl (C=O) groups excluding carboxylic acids is 2. The quantitative estimate of drug-likeness (QED) is 0.289. The van der Waals surface area contributed by atoms with Crippen LogP contribution in [0.15, 0.2) is 20.8 Å². The number of aliphatic hydroxyl groups is 2. The number of Topliss-reactive ketones (excluding diaryl/α,β-unsaturated/α-hetero) is 1. The van der Waals surface area contributed by atoms with Gasteiger partial charge in [-0.1, -0.05) is 19.4 Å². The van der Waals surface area contributed by atoms with E-state index in [0.717, 1.165) is 37.7 Å². The van der Waals surface area contributed by atoms with Crippen LogP contribution in [0.4, 0.5) is 0 Å². The minimum atomic E-state index is -0.733. The molecule has 35 heavy (non-hydrogen) atoms. The van der Waals surface area contributed by atoms with Gasteiger partial charge in [-0.2, -0.15) is 0 Å². The van der Waals surface area contributed by atoms with Gasteiger partial charge in [0.15, 0.2) is 5.78 Å². The van der Waals surface area contributed by atoms with Gasteiger partial charge >= 0.3 is 5.97 Å². The molecule has 11 atom stereocenters. The SMILES string of the molecule is CC1=C(CO)C(=O)O[C@@H]([C@@H](C)[C@H]2CC[C@H]3[C@@H]4C[C@H]5O[C@]56[C@@H](O)C=C(I)C(=O)[C@]6(C)C4CC[C@]23C)C1. The van der Waals surface area contributed by atoms with Crippen molar-refractivity contribution in [3.8, 4) is 0 Å². The van der Waals surface area contributed by atoms with E-state index in [2.05, 4.69) is 43.4 Å². The molecule has 0 aromatic rings. The van der Waals surface area contributed by atoms with Crippen LogP contribution in [0.1, 0.15) is 66.2 Å². The zero-order valence-corrected chi connectivity index (χ0v) is 23.2. The third-order valence-electron chi connectivity index (χ3n) is 11.6. The molecule has 192 valence electrons. The lowest BCUT2D eigenvalue weighted by Gasteiger charge is -2.58.